The van der Waals surface area contributed by atoms with Crippen LogP contribution in [0.4, 0.5) is 5.69 Å². The Morgan fingerprint density at radius 3 is 2.88 bits per heavy atom. The minimum Gasteiger partial charge on any atom is -0.379 e. The first-order chi connectivity index (χ1) is 7.66. The first kappa shape index (κ1) is 11.0. The Hall–Kier alpha value is -1.48. The SMILES string of the molecule is Cc1cc(Cl)ccc1NCc1cncn1C. The third-order valence-corrected chi connectivity index (χ3v) is 2.80. The van der Waals surface area contributed by atoms with Gasteiger partial charge in [0.2, 0.25) is 0 Å². The van der Waals surface area contributed by atoms with Crippen LogP contribution in [0.5, 0.6) is 0 Å². The lowest BCUT2D eigenvalue weighted by Crippen LogP contribution is -2.04. The van der Waals surface area contributed by atoms with Crippen molar-refractivity contribution >= 4 is 17.3 Å². The lowest BCUT2D eigenvalue weighted by Gasteiger charge is -2.09. The zero-order chi connectivity index (χ0) is 11.5. The number of nitrogens with one attached hydrogen (secondary N) is 1. The number of imidazole rings is 1. The average molecular weight is 236 g/mol. The monoisotopic (exact) mass is 235 g/mol. The van der Waals surface area contributed by atoms with Crippen molar-refractivity contribution in [2.45, 2.75) is 13.5 Å². The van der Waals surface area contributed by atoms with Gasteiger partial charge in [-0.15, -0.1) is 0 Å². The summed E-state index contributed by atoms with van der Waals surface area (Å²) in [5.74, 6) is 0. The Kier molecular flexibility index (Phi) is 3.15. The fraction of sp³-hybridized carbons (Fsp3) is 0.250. The number of nitrogens with zero attached hydrogens (tertiary/aromatic N) is 2. The Morgan fingerprint density at radius 2 is 2.25 bits per heavy atom. The van der Waals surface area contributed by atoms with Crippen molar-refractivity contribution in [1.29, 1.82) is 0 Å². The molecule has 2 rings (SSSR count). The van der Waals surface area contributed by atoms with Gasteiger partial charge in [-0.25, -0.2) is 4.98 Å². The third-order valence-electron chi connectivity index (χ3n) is 2.56. The first-order valence-corrected chi connectivity index (χ1v) is 5.50. The highest BCUT2D eigenvalue weighted by Crippen LogP contribution is 2.20. The van der Waals surface area contributed by atoms with Crippen molar-refractivity contribution in [2.75, 3.05) is 5.32 Å². The summed E-state index contributed by atoms with van der Waals surface area (Å²) >= 11 is 5.90. The van der Waals surface area contributed by atoms with E-state index >= 15 is 0 Å². The van der Waals surface area contributed by atoms with Gasteiger partial charge in [0.25, 0.3) is 0 Å². The van der Waals surface area contributed by atoms with Gasteiger partial charge in [-0.1, -0.05) is 11.6 Å². The van der Waals surface area contributed by atoms with Gasteiger partial charge < -0.3 is 9.88 Å². The molecule has 0 radical (unpaired) electrons. The number of halogens is 1. The predicted octanol–water partition coefficient (Wildman–Crippen LogP) is 2.99. The molecule has 2 aromatic rings. The van der Waals surface area contributed by atoms with Crippen LogP contribution in [-0.2, 0) is 13.6 Å². The van der Waals surface area contributed by atoms with Crippen LogP contribution in [0.25, 0.3) is 0 Å². The van der Waals surface area contributed by atoms with Crippen LogP contribution in [-0.4, -0.2) is 9.55 Å². The van der Waals surface area contributed by atoms with E-state index in [0.717, 1.165) is 28.5 Å². The maximum atomic E-state index is 5.90. The zero-order valence-electron chi connectivity index (χ0n) is 9.37. The van der Waals surface area contributed by atoms with E-state index in [9.17, 15) is 0 Å². The van der Waals surface area contributed by atoms with Gasteiger partial charge in [0.15, 0.2) is 0 Å². The van der Waals surface area contributed by atoms with Gasteiger partial charge in [0, 0.05) is 24.0 Å². The molecular formula is C12H14ClN3. The molecule has 0 amide bonds. The standard InChI is InChI=1S/C12H14ClN3/c1-9-5-10(13)3-4-12(9)15-7-11-6-14-8-16(11)2/h3-6,8,15H,7H2,1-2H3. The van der Waals surface area contributed by atoms with Gasteiger partial charge in [0.05, 0.1) is 18.6 Å². The predicted molar refractivity (Wildman–Crippen MR) is 66.7 cm³/mol. The van der Waals surface area contributed by atoms with Crippen molar-refractivity contribution in [1.82, 2.24) is 9.55 Å². The highest BCUT2D eigenvalue weighted by Gasteiger charge is 2.01. The summed E-state index contributed by atoms with van der Waals surface area (Å²) in [7, 11) is 1.98. The summed E-state index contributed by atoms with van der Waals surface area (Å²) in [6.45, 7) is 2.80. The van der Waals surface area contributed by atoms with Crippen LogP contribution in [0.3, 0.4) is 0 Å². The number of aryl methyl sites for hydroxylation is 2. The molecule has 0 unspecified atom stereocenters. The molecule has 1 heterocycles. The number of rotatable bonds is 3. The van der Waals surface area contributed by atoms with Crippen LogP contribution in [0, 0.1) is 6.92 Å². The summed E-state index contributed by atoms with van der Waals surface area (Å²) in [4.78, 5) is 4.07. The molecule has 0 spiro atoms. The van der Waals surface area contributed by atoms with E-state index in [1.807, 2.05) is 42.9 Å². The van der Waals surface area contributed by atoms with Crippen molar-refractivity contribution in [3.05, 3.63) is 47.0 Å². The van der Waals surface area contributed by atoms with E-state index in [-0.39, 0.29) is 0 Å². The molecule has 16 heavy (non-hydrogen) atoms. The maximum absolute atomic E-state index is 5.90. The first-order valence-electron chi connectivity index (χ1n) is 5.12. The highest BCUT2D eigenvalue weighted by atomic mass is 35.5. The van der Waals surface area contributed by atoms with E-state index in [4.69, 9.17) is 11.6 Å². The van der Waals surface area contributed by atoms with Crippen molar-refractivity contribution in [3.8, 4) is 0 Å². The zero-order valence-corrected chi connectivity index (χ0v) is 10.1. The van der Waals surface area contributed by atoms with E-state index in [1.54, 1.807) is 6.33 Å². The lowest BCUT2D eigenvalue weighted by atomic mass is 10.2. The second-order valence-electron chi connectivity index (χ2n) is 3.81. The molecule has 1 N–H and O–H groups in total. The van der Waals surface area contributed by atoms with Crippen LogP contribution in [0.1, 0.15) is 11.3 Å². The minimum atomic E-state index is 0.763. The molecule has 0 aliphatic carbocycles. The highest BCUT2D eigenvalue weighted by molar-refractivity contribution is 6.30. The molecule has 4 heteroatoms. The number of benzene rings is 1. The topological polar surface area (TPSA) is 29.9 Å². The smallest absolute Gasteiger partial charge is 0.0946 e. The van der Waals surface area contributed by atoms with Crippen molar-refractivity contribution in [3.63, 3.8) is 0 Å². The normalized spacial score (nSPS) is 10.4. The molecule has 0 atom stereocenters. The second kappa shape index (κ2) is 4.58. The number of aromatic nitrogens is 2. The van der Waals surface area contributed by atoms with Crippen LogP contribution in [0.15, 0.2) is 30.7 Å². The summed E-state index contributed by atoms with van der Waals surface area (Å²) in [6.07, 6.45) is 3.66. The largest absolute Gasteiger partial charge is 0.379 e. The van der Waals surface area contributed by atoms with Crippen molar-refractivity contribution < 1.29 is 0 Å². The molecule has 0 aliphatic rings. The summed E-state index contributed by atoms with van der Waals surface area (Å²) < 4.78 is 2.00. The second-order valence-corrected chi connectivity index (χ2v) is 4.25. The summed E-state index contributed by atoms with van der Waals surface area (Å²) in [5.41, 5.74) is 3.40. The molecule has 0 saturated carbocycles. The van der Waals surface area contributed by atoms with E-state index < -0.39 is 0 Å². The molecule has 1 aromatic carbocycles. The molecule has 84 valence electrons. The Labute approximate surface area is 100 Å². The molecule has 0 bridgehead atoms. The molecule has 0 aliphatic heterocycles. The Morgan fingerprint density at radius 1 is 1.44 bits per heavy atom. The molecule has 3 nitrogen and oxygen atoms in total. The molecule has 0 saturated heterocycles. The average Bonchev–Trinajstić information content (AvgIpc) is 2.63. The number of anilines is 1. The van der Waals surface area contributed by atoms with Gasteiger partial charge in [0.1, 0.15) is 0 Å². The minimum absolute atomic E-state index is 0.763. The maximum Gasteiger partial charge on any atom is 0.0946 e. The summed E-state index contributed by atoms with van der Waals surface area (Å²) in [6, 6.07) is 5.83. The molecule has 0 fully saturated rings. The number of hydrogen-bond donors (Lipinski definition) is 1. The van der Waals surface area contributed by atoms with E-state index in [2.05, 4.69) is 10.3 Å². The van der Waals surface area contributed by atoms with E-state index in [0.29, 0.717) is 0 Å². The fourth-order valence-corrected chi connectivity index (χ4v) is 1.79. The molecule has 1 aromatic heterocycles. The van der Waals surface area contributed by atoms with Gasteiger partial charge in [-0.05, 0) is 30.7 Å². The number of hydrogen-bond acceptors (Lipinski definition) is 2. The third kappa shape index (κ3) is 2.36. The van der Waals surface area contributed by atoms with Gasteiger partial charge in [-0.3, -0.25) is 0 Å². The Bertz CT molecular complexity index is 491. The summed E-state index contributed by atoms with van der Waals surface area (Å²) in [5, 5.41) is 4.13. The van der Waals surface area contributed by atoms with Crippen LogP contribution < -0.4 is 5.32 Å². The van der Waals surface area contributed by atoms with Gasteiger partial charge in [-0.2, -0.15) is 0 Å². The Balaban J connectivity index is 2.08. The van der Waals surface area contributed by atoms with E-state index in [1.165, 1.54) is 0 Å². The van der Waals surface area contributed by atoms with Gasteiger partial charge >= 0.3 is 0 Å². The van der Waals surface area contributed by atoms with Crippen LogP contribution in [0.2, 0.25) is 5.02 Å². The quantitative estimate of drug-likeness (QED) is 0.887. The van der Waals surface area contributed by atoms with Crippen molar-refractivity contribution in [2.24, 2.45) is 7.05 Å². The lowest BCUT2D eigenvalue weighted by molar-refractivity contribution is 0.837. The fourth-order valence-electron chi connectivity index (χ4n) is 1.57. The van der Waals surface area contributed by atoms with Crippen LogP contribution >= 0.6 is 11.6 Å². The molecular weight excluding hydrogens is 222 g/mol.